The van der Waals surface area contributed by atoms with Gasteiger partial charge in [-0.05, 0) is 51.7 Å². The van der Waals surface area contributed by atoms with Gasteiger partial charge in [-0.15, -0.1) is 0 Å². The van der Waals surface area contributed by atoms with E-state index >= 15 is 0 Å². The number of hydrogen-bond donors (Lipinski definition) is 3. The Balaban J connectivity index is 1.54. The molecular formula is C27H37BF2N4O5. The van der Waals surface area contributed by atoms with Gasteiger partial charge in [-0.1, -0.05) is 29.8 Å². The van der Waals surface area contributed by atoms with Gasteiger partial charge in [-0.2, -0.15) is 5.26 Å². The summed E-state index contributed by atoms with van der Waals surface area (Å²) in [6, 6.07) is 9.41. The Morgan fingerprint density at radius 2 is 2.00 bits per heavy atom. The van der Waals surface area contributed by atoms with E-state index in [1.54, 1.807) is 18.7 Å². The summed E-state index contributed by atoms with van der Waals surface area (Å²) in [5.41, 5.74) is 0.877. The maximum Gasteiger partial charge on any atom is 0.475 e. The highest BCUT2D eigenvalue weighted by Crippen LogP contribution is 2.33. The van der Waals surface area contributed by atoms with Crippen LogP contribution >= 0.6 is 0 Å². The van der Waals surface area contributed by atoms with Crippen molar-refractivity contribution < 1.29 is 33.2 Å². The highest BCUT2D eigenvalue weighted by molar-refractivity contribution is 6.43. The van der Waals surface area contributed by atoms with E-state index in [2.05, 4.69) is 5.32 Å². The van der Waals surface area contributed by atoms with Crippen LogP contribution in [0.3, 0.4) is 0 Å². The van der Waals surface area contributed by atoms with Gasteiger partial charge < -0.3 is 25.0 Å². The molecule has 0 bridgehead atoms. The minimum absolute atomic E-state index is 0.00828. The highest BCUT2D eigenvalue weighted by Gasteiger charge is 2.43. The molecule has 2 unspecified atom stereocenters. The van der Waals surface area contributed by atoms with Gasteiger partial charge in [-0.25, -0.2) is 13.6 Å². The zero-order valence-electron chi connectivity index (χ0n) is 22.7. The first-order chi connectivity index (χ1) is 18.3. The van der Waals surface area contributed by atoms with Crippen molar-refractivity contribution in [2.45, 2.75) is 63.9 Å². The van der Waals surface area contributed by atoms with E-state index in [-0.39, 0.29) is 44.0 Å². The zero-order chi connectivity index (χ0) is 28.8. The van der Waals surface area contributed by atoms with E-state index in [0.29, 0.717) is 19.4 Å². The molecule has 2 atom stereocenters. The van der Waals surface area contributed by atoms with Crippen LogP contribution in [0.1, 0.15) is 44.2 Å². The molecule has 2 amide bonds. The number of amides is 2. The number of carbonyl (C=O) groups is 2. The summed E-state index contributed by atoms with van der Waals surface area (Å²) in [5, 5.41) is 31.6. The van der Waals surface area contributed by atoms with Crippen molar-refractivity contribution in [3.05, 3.63) is 47.0 Å². The normalized spacial score (nSPS) is 20.7. The summed E-state index contributed by atoms with van der Waals surface area (Å²) in [4.78, 5) is 28.6. The Morgan fingerprint density at radius 3 is 2.59 bits per heavy atom. The summed E-state index contributed by atoms with van der Waals surface area (Å²) >= 11 is 0. The van der Waals surface area contributed by atoms with E-state index in [1.807, 2.05) is 37.3 Å². The second kappa shape index (κ2) is 12.9. The maximum atomic E-state index is 13.7. The van der Waals surface area contributed by atoms with Gasteiger partial charge in [0.2, 0.25) is 0 Å². The monoisotopic (exact) mass is 546 g/mol. The molecular weight excluding hydrogens is 509 g/mol. The van der Waals surface area contributed by atoms with Gasteiger partial charge in [0, 0.05) is 37.5 Å². The number of carbonyl (C=O) groups excluding carboxylic acids is 2. The van der Waals surface area contributed by atoms with Crippen molar-refractivity contribution in [2.75, 3.05) is 32.8 Å². The van der Waals surface area contributed by atoms with E-state index in [0.717, 1.165) is 11.1 Å². The van der Waals surface area contributed by atoms with Crippen molar-refractivity contribution >= 4 is 19.1 Å². The van der Waals surface area contributed by atoms with Crippen LogP contribution in [-0.2, 0) is 16.0 Å². The fraction of sp³-hybridized carbons (Fsp3) is 0.593. The molecule has 1 aromatic carbocycles. The number of benzene rings is 1. The SMILES string of the molecule is Cc1ccc(CC(NC(=O)OCC2CCCN(C(=O)C(C#N)=CC(C)(C)N3CCC(F)(F)C3)C2)B(O)O)cc1. The number of halogens is 2. The fourth-order valence-corrected chi connectivity index (χ4v) is 4.97. The van der Waals surface area contributed by atoms with Crippen molar-refractivity contribution in [1.82, 2.24) is 15.1 Å². The van der Waals surface area contributed by atoms with Crippen LogP contribution in [0.2, 0.25) is 0 Å². The molecule has 39 heavy (non-hydrogen) atoms. The molecule has 3 N–H and O–H groups in total. The second-order valence-electron chi connectivity index (χ2n) is 11.1. The fourth-order valence-electron chi connectivity index (χ4n) is 4.97. The average molecular weight is 546 g/mol. The molecule has 2 aliphatic rings. The van der Waals surface area contributed by atoms with Gasteiger partial charge >= 0.3 is 13.2 Å². The number of rotatable bonds is 9. The number of nitrogens with one attached hydrogen (secondary N) is 1. The maximum absolute atomic E-state index is 13.7. The van der Waals surface area contributed by atoms with E-state index in [4.69, 9.17) is 4.74 Å². The molecule has 3 rings (SSSR count). The number of alkyl halides is 2. The molecule has 0 saturated carbocycles. The number of nitriles is 1. The number of aryl methyl sites for hydroxylation is 1. The molecule has 0 aliphatic carbocycles. The van der Waals surface area contributed by atoms with Gasteiger partial charge in [0.25, 0.3) is 11.8 Å². The summed E-state index contributed by atoms with van der Waals surface area (Å²) in [7, 11) is -1.78. The zero-order valence-corrected chi connectivity index (χ0v) is 22.7. The van der Waals surface area contributed by atoms with Gasteiger partial charge in [0.1, 0.15) is 11.6 Å². The molecule has 2 saturated heterocycles. The minimum atomic E-state index is -2.79. The Kier molecular flexibility index (Phi) is 10.1. The number of piperidine rings is 1. The molecule has 0 aromatic heterocycles. The van der Waals surface area contributed by atoms with Crippen molar-refractivity contribution in [2.24, 2.45) is 5.92 Å². The Hall–Kier alpha value is -3.01. The van der Waals surface area contributed by atoms with Crippen molar-refractivity contribution in [1.29, 1.82) is 5.26 Å². The lowest BCUT2D eigenvalue weighted by molar-refractivity contribution is -0.128. The lowest BCUT2D eigenvalue weighted by Gasteiger charge is -2.35. The van der Waals surface area contributed by atoms with E-state index in [1.165, 1.54) is 11.0 Å². The molecule has 12 heteroatoms. The number of likely N-dealkylation sites (tertiary alicyclic amines) is 2. The van der Waals surface area contributed by atoms with Gasteiger partial charge in [0.05, 0.1) is 19.1 Å². The molecule has 2 aliphatic heterocycles. The van der Waals surface area contributed by atoms with E-state index in [9.17, 15) is 33.7 Å². The molecule has 9 nitrogen and oxygen atoms in total. The second-order valence-corrected chi connectivity index (χ2v) is 11.1. The molecule has 0 radical (unpaired) electrons. The van der Waals surface area contributed by atoms with Crippen LogP contribution in [0, 0.1) is 24.2 Å². The molecule has 212 valence electrons. The third kappa shape index (κ3) is 8.75. The van der Waals surface area contributed by atoms with Crippen molar-refractivity contribution in [3.8, 4) is 6.07 Å². The topological polar surface area (TPSA) is 126 Å². The first-order valence-corrected chi connectivity index (χ1v) is 13.2. The number of ether oxygens (including phenoxy) is 1. The molecule has 2 heterocycles. The standard InChI is InChI=1S/C27H37BF2N4O5/c1-19-6-8-20(9-7-19)13-23(28(37)38)32-25(36)39-17-21-5-4-11-33(16-21)24(35)22(15-31)14-26(2,3)34-12-10-27(29,30)18-34/h6-9,14,21,23,37-38H,4-5,10-13,16-18H2,1-3H3,(H,32,36). The van der Waals surface area contributed by atoms with Crippen LogP contribution in [0.5, 0.6) is 0 Å². The van der Waals surface area contributed by atoms with Crippen LogP contribution < -0.4 is 5.32 Å². The quantitative estimate of drug-likeness (QED) is 0.247. The van der Waals surface area contributed by atoms with Gasteiger partial charge in [-0.3, -0.25) is 9.69 Å². The first-order valence-electron chi connectivity index (χ1n) is 13.2. The van der Waals surface area contributed by atoms with E-state index < -0.39 is 43.1 Å². The third-order valence-electron chi connectivity index (χ3n) is 7.33. The summed E-state index contributed by atoms with van der Waals surface area (Å²) in [6.07, 6.45) is 1.95. The minimum Gasteiger partial charge on any atom is -0.449 e. The number of hydrogen-bond acceptors (Lipinski definition) is 7. The average Bonchev–Trinajstić information content (AvgIpc) is 3.27. The molecule has 0 spiro atoms. The number of nitrogens with zero attached hydrogens (tertiary/aromatic N) is 3. The van der Waals surface area contributed by atoms with Crippen LogP contribution in [0.25, 0.3) is 0 Å². The molecule has 1 aromatic rings. The Labute approximate surface area is 228 Å². The third-order valence-corrected chi connectivity index (χ3v) is 7.33. The first kappa shape index (κ1) is 30.5. The van der Waals surface area contributed by atoms with Crippen molar-refractivity contribution in [3.63, 3.8) is 0 Å². The summed E-state index contributed by atoms with van der Waals surface area (Å²) in [5.74, 6) is -4.41. The Bertz CT molecular complexity index is 1090. The smallest absolute Gasteiger partial charge is 0.449 e. The molecule has 2 fully saturated rings. The lowest BCUT2D eigenvalue weighted by Crippen LogP contribution is -2.48. The highest BCUT2D eigenvalue weighted by atomic mass is 19.3. The van der Waals surface area contributed by atoms with Gasteiger partial charge in [0.15, 0.2) is 0 Å². The predicted molar refractivity (Wildman–Crippen MR) is 142 cm³/mol. The number of alkyl carbamates (subject to hydrolysis) is 1. The predicted octanol–water partition coefficient (Wildman–Crippen LogP) is 2.45. The Morgan fingerprint density at radius 1 is 1.31 bits per heavy atom. The lowest BCUT2D eigenvalue weighted by atomic mass is 9.76. The summed E-state index contributed by atoms with van der Waals surface area (Å²) < 4.78 is 32.8. The van der Waals surface area contributed by atoms with Crippen LogP contribution in [-0.4, -0.2) is 89.2 Å². The van der Waals surface area contributed by atoms with Crippen LogP contribution in [0.4, 0.5) is 13.6 Å². The largest absolute Gasteiger partial charge is 0.475 e. The summed E-state index contributed by atoms with van der Waals surface area (Å²) in [6.45, 7) is 5.81. The van der Waals surface area contributed by atoms with Crippen LogP contribution in [0.15, 0.2) is 35.9 Å².